The van der Waals surface area contributed by atoms with Gasteiger partial charge in [0.05, 0.1) is 29.5 Å². The van der Waals surface area contributed by atoms with Crippen molar-refractivity contribution >= 4 is 39.2 Å². The molecular formula is C21H18N6O4S. The molecule has 0 bridgehead atoms. The lowest BCUT2D eigenvalue weighted by atomic mass is 10.2. The first-order valence-electron chi connectivity index (χ1n) is 9.93. The third kappa shape index (κ3) is 3.78. The highest BCUT2D eigenvalue weighted by Crippen LogP contribution is 2.28. The lowest BCUT2D eigenvalue weighted by molar-refractivity contribution is -0.132. The Bertz CT molecular complexity index is 1400. The van der Waals surface area contributed by atoms with Crippen molar-refractivity contribution in [2.75, 3.05) is 11.9 Å². The van der Waals surface area contributed by atoms with Crippen molar-refractivity contribution < 1.29 is 14.1 Å². The van der Waals surface area contributed by atoms with Crippen molar-refractivity contribution in [3.8, 4) is 0 Å². The minimum atomic E-state index is -0.399. The zero-order valence-corrected chi connectivity index (χ0v) is 17.9. The maximum Gasteiger partial charge on any atom is 0.279 e. The number of anilines is 1. The van der Waals surface area contributed by atoms with Crippen LogP contribution in [0.2, 0.25) is 0 Å². The fraction of sp³-hybridized carbons (Fsp3) is 0.238. The lowest BCUT2D eigenvalue weighted by Crippen LogP contribution is -2.39. The monoisotopic (exact) mass is 450 g/mol. The summed E-state index contributed by atoms with van der Waals surface area (Å²) in [6.07, 6.45) is 1.98. The number of nitrogens with zero attached hydrogens (tertiary/aromatic N) is 5. The van der Waals surface area contributed by atoms with E-state index in [1.807, 2.05) is 6.07 Å². The number of fused-ring (bicyclic) bond motifs is 2. The smallest absolute Gasteiger partial charge is 0.279 e. The molecule has 0 unspecified atom stereocenters. The van der Waals surface area contributed by atoms with Crippen molar-refractivity contribution in [3.05, 3.63) is 69.0 Å². The second-order valence-electron chi connectivity index (χ2n) is 7.43. The highest BCUT2D eigenvalue weighted by Gasteiger charge is 2.25. The van der Waals surface area contributed by atoms with E-state index in [1.165, 1.54) is 22.2 Å². The summed E-state index contributed by atoms with van der Waals surface area (Å²) in [6.45, 7) is 2.49. The number of thiazole rings is 1. The Balaban J connectivity index is 1.28. The predicted octanol–water partition coefficient (Wildman–Crippen LogP) is 1.99. The molecular weight excluding hydrogens is 432 g/mol. The molecule has 0 saturated carbocycles. The number of benzene rings is 1. The van der Waals surface area contributed by atoms with Gasteiger partial charge in [-0.3, -0.25) is 24.3 Å². The third-order valence-corrected chi connectivity index (χ3v) is 6.20. The number of hydrogen-bond donors (Lipinski definition) is 1. The number of carbonyl (C=O) groups excluding carboxylic acids is 2. The van der Waals surface area contributed by atoms with Crippen LogP contribution in [-0.4, -0.2) is 43.0 Å². The number of nitrogens with one attached hydrogen (secondary N) is 1. The Hall–Kier alpha value is -3.86. The van der Waals surface area contributed by atoms with Crippen LogP contribution in [0.5, 0.6) is 0 Å². The number of amides is 2. The Labute approximate surface area is 185 Å². The molecule has 1 aromatic carbocycles. The first-order valence-corrected chi connectivity index (χ1v) is 10.7. The van der Waals surface area contributed by atoms with E-state index in [2.05, 4.69) is 20.4 Å². The average Bonchev–Trinajstić information content (AvgIpc) is 3.40. The van der Waals surface area contributed by atoms with E-state index >= 15 is 0 Å². The van der Waals surface area contributed by atoms with Crippen LogP contribution in [0.3, 0.4) is 0 Å². The van der Waals surface area contributed by atoms with E-state index in [4.69, 9.17) is 4.52 Å². The van der Waals surface area contributed by atoms with Gasteiger partial charge in [0.2, 0.25) is 5.91 Å². The number of aromatic nitrogens is 4. The third-order valence-electron chi connectivity index (χ3n) is 5.20. The molecule has 162 valence electrons. The molecule has 0 fully saturated rings. The van der Waals surface area contributed by atoms with Crippen molar-refractivity contribution in [3.63, 3.8) is 0 Å². The van der Waals surface area contributed by atoms with Crippen LogP contribution >= 0.6 is 11.3 Å². The second kappa shape index (κ2) is 8.00. The molecule has 0 spiro atoms. The summed E-state index contributed by atoms with van der Waals surface area (Å²) in [5, 5.41) is 7.35. The summed E-state index contributed by atoms with van der Waals surface area (Å²) < 4.78 is 6.26. The fourth-order valence-electron chi connectivity index (χ4n) is 3.56. The van der Waals surface area contributed by atoms with Crippen molar-refractivity contribution in [1.29, 1.82) is 0 Å². The zero-order valence-electron chi connectivity index (χ0n) is 17.1. The largest absolute Gasteiger partial charge is 0.361 e. The minimum Gasteiger partial charge on any atom is -0.361 e. The lowest BCUT2D eigenvalue weighted by Gasteiger charge is -2.26. The SMILES string of the molecule is Cc1cc(C(=O)Nc2nc3c(s2)CN(C(=O)Cn2cnc4ccccc4c2=O)CC3)no1. The van der Waals surface area contributed by atoms with E-state index in [1.54, 1.807) is 36.1 Å². The predicted molar refractivity (Wildman–Crippen MR) is 116 cm³/mol. The second-order valence-corrected chi connectivity index (χ2v) is 8.51. The summed E-state index contributed by atoms with van der Waals surface area (Å²) >= 11 is 1.32. The van der Waals surface area contributed by atoms with Crippen LogP contribution < -0.4 is 10.9 Å². The van der Waals surface area contributed by atoms with Crippen molar-refractivity contribution in [2.24, 2.45) is 0 Å². The first kappa shape index (κ1) is 20.1. The molecule has 0 radical (unpaired) electrons. The van der Waals surface area contributed by atoms with E-state index in [9.17, 15) is 14.4 Å². The first-order chi connectivity index (χ1) is 15.5. The van der Waals surface area contributed by atoms with Crippen LogP contribution in [0.1, 0.15) is 26.8 Å². The highest BCUT2D eigenvalue weighted by molar-refractivity contribution is 7.15. The van der Waals surface area contributed by atoms with E-state index in [0.29, 0.717) is 41.3 Å². The zero-order chi connectivity index (χ0) is 22.2. The van der Waals surface area contributed by atoms with Gasteiger partial charge in [-0.1, -0.05) is 28.6 Å². The van der Waals surface area contributed by atoms with Crippen LogP contribution in [-0.2, 0) is 24.3 Å². The van der Waals surface area contributed by atoms with Gasteiger partial charge in [0, 0.05) is 23.9 Å². The Morgan fingerprint density at radius 2 is 2.12 bits per heavy atom. The molecule has 4 heterocycles. The van der Waals surface area contributed by atoms with E-state index < -0.39 is 5.91 Å². The van der Waals surface area contributed by atoms with Gasteiger partial charge in [0.25, 0.3) is 11.5 Å². The molecule has 1 aliphatic heterocycles. The van der Waals surface area contributed by atoms with Gasteiger partial charge in [-0.25, -0.2) is 9.97 Å². The summed E-state index contributed by atoms with van der Waals surface area (Å²) in [7, 11) is 0. The fourth-order valence-corrected chi connectivity index (χ4v) is 4.58. The summed E-state index contributed by atoms with van der Waals surface area (Å²) in [6, 6.07) is 8.60. The molecule has 1 N–H and O–H groups in total. The minimum absolute atomic E-state index is 0.0834. The van der Waals surface area contributed by atoms with Crippen LogP contribution in [0.4, 0.5) is 5.13 Å². The van der Waals surface area contributed by atoms with Crippen LogP contribution in [0.15, 0.2) is 46.0 Å². The number of aryl methyl sites for hydroxylation is 1. The maximum atomic E-state index is 12.9. The standard InChI is InChI=1S/C21H18N6O4S/c1-12-8-16(25-31-12)19(29)24-21-23-15-6-7-26(9-17(15)32-21)18(28)10-27-11-22-14-5-3-2-4-13(14)20(27)30/h2-5,8,11H,6-7,9-10H2,1H3,(H,23,24,29). The Morgan fingerprint density at radius 1 is 1.28 bits per heavy atom. The maximum absolute atomic E-state index is 12.9. The number of para-hydroxylation sites is 1. The van der Waals surface area contributed by atoms with Gasteiger partial charge in [-0.05, 0) is 19.1 Å². The van der Waals surface area contributed by atoms with Crippen LogP contribution in [0, 0.1) is 6.92 Å². The number of hydrogen-bond acceptors (Lipinski definition) is 8. The molecule has 10 nitrogen and oxygen atoms in total. The van der Waals surface area contributed by atoms with Crippen molar-refractivity contribution in [2.45, 2.75) is 26.4 Å². The molecule has 5 rings (SSSR count). The number of rotatable bonds is 4. The van der Waals surface area contributed by atoms with Gasteiger partial charge < -0.3 is 9.42 Å². The molecule has 0 aliphatic carbocycles. The highest BCUT2D eigenvalue weighted by atomic mass is 32.1. The molecule has 1 aliphatic rings. The molecule has 2 amide bonds. The quantitative estimate of drug-likeness (QED) is 0.504. The molecule has 11 heteroatoms. The molecule has 32 heavy (non-hydrogen) atoms. The molecule has 3 aromatic heterocycles. The number of carbonyl (C=O) groups is 2. The Kier molecular flexibility index (Phi) is 5.02. The van der Waals surface area contributed by atoms with Crippen molar-refractivity contribution in [1.82, 2.24) is 24.6 Å². The van der Waals surface area contributed by atoms with Gasteiger partial charge in [-0.2, -0.15) is 0 Å². The molecule has 0 atom stereocenters. The van der Waals surface area contributed by atoms with Crippen LogP contribution in [0.25, 0.3) is 10.9 Å². The summed E-state index contributed by atoms with van der Waals surface area (Å²) in [5.74, 6) is -0.0283. The van der Waals surface area contributed by atoms with Gasteiger partial charge >= 0.3 is 0 Å². The average molecular weight is 450 g/mol. The summed E-state index contributed by atoms with van der Waals surface area (Å²) in [5.41, 5.74) is 1.40. The topological polar surface area (TPSA) is 123 Å². The van der Waals surface area contributed by atoms with Gasteiger partial charge in [0.1, 0.15) is 12.3 Å². The Morgan fingerprint density at radius 3 is 2.94 bits per heavy atom. The molecule has 0 saturated heterocycles. The van der Waals surface area contributed by atoms with Gasteiger partial charge in [0.15, 0.2) is 10.8 Å². The normalized spacial score (nSPS) is 13.2. The van der Waals surface area contributed by atoms with Gasteiger partial charge in [-0.15, -0.1) is 0 Å². The summed E-state index contributed by atoms with van der Waals surface area (Å²) in [4.78, 5) is 49.1. The molecule has 4 aromatic rings. The van der Waals surface area contributed by atoms with E-state index in [0.717, 1.165) is 10.6 Å². The van der Waals surface area contributed by atoms with E-state index in [-0.39, 0.29) is 23.7 Å².